The fourth-order valence-corrected chi connectivity index (χ4v) is 2.73. The van der Waals surface area contributed by atoms with Crippen molar-refractivity contribution in [1.82, 2.24) is 0 Å². The quantitative estimate of drug-likeness (QED) is 0.620. The van der Waals surface area contributed by atoms with Gasteiger partial charge >= 0.3 is 0 Å². The summed E-state index contributed by atoms with van der Waals surface area (Å²) in [5.41, 5.74) is 3.20. The second-order valence-corrected chi connectivity index (χ2v) is 5.09. The van der Waals surface area contributed by atoms with Gasteiger partial charge in [0.1, 0.15) is 0 Å². The van der Waals surface area contributed by atoms with Crippen molar-refractivity contribution in [1.29, 1.82) is 0 Å². The molecule has 1 aliphatic carbocycles. The molecule has 0 saturated heterocycles. The lowest BCUT2D eigenvalue weighted by Gasteiger charge is -2.32. The zero-order valence-corrected chi connectivity index (χ0v) is 11.5. The van der Waals surface area contributed by atoms with Crippen molar-refractivity contribution in [3.05, 3.63) is 35.4 Å². The molecule has 0 heteroatoms. The zero-order chi connectivity index (χ0) is 12.1. The molecule has 16 heavy (non-hydrogen) atoms. The van der Waals surface area contributed by atoms with Crippen LogP contribution in [0.25, 0.3) is 0 Å². The van der Waals surface area contributed by atoms with E-state index < -0.39 is 0 Å². The number of fused-ring (bicyclic) bond motifs is 1. The summed E-state index contributed by atoms with van der Waals surface area (Å²) in [4.78, 5) is 0. The first kappa shape index (κ1) is 13.3. The van der Waals surface area contributed by atoms with E-state index in [1.165, 1.54) is 12.8 Å². The van der Waals surface area contributed by atoms with Crippen LogP contribution in [-0.4, -0.2) is 0 Å². The predicted octanol–water partition coefficient (Wildman–Crippen LogP) is 5.03. The molecule has 0 saturated carbocycles. The van der Waals surface area contributed by atoms with Gasteiger partial charge in [-0.1, -0.05) is 58.9 Å². The van der Waals surface area contributed by atoms with E-state index in [1.807, 2.05) is 13.8 Å². The summed E-state index contributed by atoms with van der Waals surface area (Å²) in [6.07, 6.45) is 2.65. The van der Waals surface area contributed by atoms with Gasteiger partial charge in [0.05, 0.1) is 0 Å². The molecule has 0 heterocycles. The Kier molecular flexibility index (Phi) is 5.05. The Morgan fingerprint density at radius 2 is 1.75 bits per heavy atom. The van der Waals surface area contributed by atoms with Crippen molar-refractivity contribution in [2.75, 3.05) is 0 Å². The average molecular weight is 218 g/mol. The Morgan fingerprint density at radius 1 is 1.12 bits per heavy atom. The van der Waals surface area contributed by atoms with E-state index in [0.717, 1.165) is 17.8 Å². The third kappa shape index (κ3) is 2.87. The van der Waals surface area contributed by atoms with Gasteiger partial charge in [-0.05, 0) is 41.7 Å². The van der Waals surface area contributed by atoms with Crippen LogP contribution in [0.15, 0.2) is 24.3 Å². The lowest BCUT2D eigenvalue weighted by atomic mass is 9.73. The Bertz CT molecular complexity index is 312. The summed E-state index contributed by atoms with van der Waals surface area (Å²) < 4.78 is 0. The first-order valence-electron chi connectivity index (χ1n) is 6.76. The largest absolute Gasteiger partial charge is 0.0683 e. The summed E-state index contributed by atoms with van der Waals surface area (Å²) in [5, 5.41) is 0. The Morgan fingerprint density at radius 3 is 2.38 bits per heavy atom. The lowest BCUT2D eigenvalue weighted by molar-refractivity contribution is 0.363. The van der Waals surface area contributed by atoms with E-state index in [4.69, 9.17) is 0 Å². The van der Waals surface area contributed by atoms with E-state index in [9.17, 15) is 0 Å². The first-order chi connectivity index (χ1) is 7.68. The number of hydrogen-bond donors (Lipinski definition) is 0. The highest BCUT2D eigenvalue weighted by atomic mass is 14.3. The van der Waals surface area contributed by atoms with Crippen LogP contribution < -0.4 is 0 Å². The highest BCUT2D eigenvalue weighted by Crippen LogP contribution is 2.38. The summed E-state index contributed by atoms with van der Waals surface area (Å²) in [6, 6.07) is 8.99. The molecule has 0 nitrogen and oxygen atoms in total. The van der Waals surface area contributed by atoms with Crippen molar-refractivity contribution < 1.29 is 0 Å². The normalized spacial score (nSPS) is 23.4. The SMILES string of the molecule is CC.CC1Cc2ccccc2C(C(C)C)C1. The van der Waals surface area contributed by atoms with Gasteiger partial charge in [-0.3, -0.25) is 0 Å². The second-order valence-electron chi connectivity index (χ2n) is 5.09. The Hall–Kier alpha value is -0.780. The van der Waals surface area contributed by atoms with Crippen LogP contribution >= 0.6 is 0 Å². The van der Waals surface area contributed by atoms with Gasteiger partial charge in [0.25, 0.3) is 0 Å². The molecular formula is C16H26. The van der Waals surface area contributed by atoms with Gasteiger partial charge in [0.2, 0.25) is 0 Å². The van der Waals surface area contributed by atoms with Crippen LogP contribution in [0.5, 0.6) is 0 Å². The fraction of sp³-hybridized carbons (Fsp3) is 0.625. The fourth-order valence-electron chi connectivity index (χ4n) is 2.73. The van der Waals surface area contributed by atoms with Crippen LogP contribution in [0.2, 0.25) is 0 Å². The molecular weight excluding hydrogens is 192 g/mol. The van der Waals surface area contributed by atoms with E-state index >= 15 is 0 Å². The van der Waals surface area contributed by atoms with Crippen molar-refractivity contribution >= 4 is 0 Å². The molecule has 0 N–H and O–H groups in total. The number of rotatable bonds is 1. The molecule has 0 fully saturated rings. The maximum Gasteiger partial charge on any atom is -0.0133 e. The third-order valence-corrected chi connectivity index (χ3v) is 3.48. The molecule has 90 valence electrons. The molecule has 0 aliphatic heterocycles. The minimum Gasteiger partial charge on any atom is -0.0683 e. The van der Waals surface area contributed by atoms with Gasteiger partial charge in [-0.15, -0.1) is 0 Å². The van der Waals surface area contributed by atoms with Crippen LogP contribution in [0, 0.1) is 11.8 Å². The summed E-state index contributed by atoms with van der Waals surface area (Å²) in [5.74, 6) is 2.42. The van der Waals surface area contributed by atoms with Crippen molar-refractivity contribution in [3.8, 4) is 0 Å². The Labute approximate surface area is 101 Å². The smallest absolute Gasteiger partial charge is 0.0133 e. The molecule has 1 aromatic rings. The third-order valence-electron chi connectivity index (χ3n) is 3.48. The van der Waals surface area contributed by atoms with E-state index in [-0.39, 0.29) is 0 Å². The monoisotopic (exact) mass is 218 g/mol. The molecule has 2 unspecified atom stereocenters. The van der Waals surface area contributed by atoms with Crippen molar-refractivity contribution in [2.24, 2.45) is 11.8 Å². The van der Waals surface area contributed by atoms with Crippen molar-refractivity contribution in [3.63, 3.8) is 0 Å². The van der Waals surface area contributed by atoms with Crippen LogP contribution in [0.3, 0.4) is 0 Å². The minimum atomic E-state index is 0.777. The van der Waals surface area contributed by atoms with Gasteiger partial charge < -0.3 is 0 Å². The van der Waals surface area contributed by atoms with Gasteiger partial charge in [0.15, 0.2) is 0 Å². The molecule has 1 aromatic carbocycles. The molecule has 1 aliphatic rings. The van der Waals surface area contributed by atoms with E-state index in [2.05, 4.69) is 45.0 Å². The van der Waals surface area contributed by atoms with Gasteiger partial charge in [-0.25, -0.2) is 0 Å². The Balaban J connectivity index is 0.000000606. The lowest BCUT2D eigenvalue weighted by Crippen LogP contribution is -2.20. The molecule has 0 bridgehead atoms. The molecule has 0 aromatic heterocycles. The number of benzene rings is 1. The number of hydrogen-bond acceptors (Lipinski definition) is 0. The van der Waals surface area contributed by atoms with Crippen LogP contribution in [0.1, 0.15) is 58.1 Å². The predicted molar refractivity (Wildman–Crippen MR) is 72.9 cm³/mol. The molecule has 0 amide bonds. The zero-order valence-electron chi connectivity index (χ0n) is 11.5. The van der Waals surface area contributed by atoms with E-state index in [1.54, 1.807) is 11.1 Å². The van der Waals surface area contributed by atoms with Crippen molar-refractivity contribution in [2.45, 2.75) is 53.4 Å². The topological polar surface area (TPSA) is 0 Å². The van der Waals surface area contributed by atoms with Gasteiger partial charge in [-0.2, -0.15) is 0 Å². The molecule has 2 rings (SSSR count). The average Bonchev–Trinajstić information content (AvgIpc) is 2.30. The summed E-state index contributed by atoms with van der Waals surface area (Å²) in [6.45, 7) is 11.1. The molecule has 0 spiro atoms. The molecule has 0 radical (unpaired) electrons. The summed E-state index contributed by atoms with van der Waals surface area (Å²) in [7, 11) is 0. The first-order valence-corrected chi connectivity index (χ1v) is 6.76. The van der Waals surface area contributed by atoms with Crippen LogP contribution in [0.4, 0.5) is 0 Å². The maximum absolute atomic E-state index is 2.38. The molecule has 2 atom stereocenters. The maximum atomic E-state index is 2.38. The van der Waals surface area contributed by atoms with E-state index in [0.29, 0.717) is 0 Å². The standard InChI is InChI=1S/C14H20.C2H6/c1-10(2)14-9-11(3)8-12-6-4-5-7-13(12)14;1-2/h4-7,10-11,14H,8-9H2,1-3H3;1-2H3. The minimum absolute atomic E-state index is 0.777. The second kappa shape index (κ2) is 6.08. The highest BCUT2D eigenvalue weighted by Gasteiger charge is 2.25. The highest BCUT2D eigenvalue weighted by molar-refractivity contribution is 5.33. The summed E-state index contributed by atoms with van der Waals surface area (Å²) >= 11 is 0. The van der Waals surface area contributed by atoms with Crippen LogP contribution in [-0.2, 0) is 6.42 Å². The van der Waals surface area contributed by atoms with Gasteiger partial charge in [0, 0.05) is 0 Å².